The van der Waals surface area contributed by atoms with Crippen LogP contribution in [0.25, 0.3) is 0 Å². The summed E-state index contributed by atoms with van der Waals surface area (Å²) in [6, 6.07) is 0. The van der Waals surface area contributed by atoms with Gasteiger partial charge in [-0.3, -0.25) is 0 Å². The fraction of sp³-hybridized carbons (Fsp3) is 0.500. The van der Waals surface area contributed by atoms with Crippen molar-refractivity contribution < 1.29 is 4.74 Å². The summed E-state index contributed by atoms with van der Waals surface area (Å²) in [5, 5.41) is 0.452. The molecule has 0 aliphatic rings. The SMILES string of the molecule is C=C(Cl)/C=C(/OC(C)C)C(=C)C.CC. The van der Waals surface area contributed by atoms with Crippen LogP contribution in [-0.2, 0) is 4.74 Å². The molecule has 0 aromatic heterocycles. The van der Waals surface area contributed by atoms with Crippen LogP contribution in [-0.4, -0.2) is 6.10 Å². The largest absolute Gasteiger partial charge is 0.491 e. The molecule has 14 heavy (non-hydrogen) atoms. The summed E-state index contributed by atoms with van der Waals surface area (Å²) in [4.78, 5) is 0. The summed E-state index contributed by atoms with van der Waals surface area (Å²) in [6.45, 7) is 17.1. The Bertz CT molecular complexity index is 214. The zero-order chi connectivity index (χ0) is 11.7. The molecule has 0 atom stereocenters. The molecule has 82 valence electrons. The molecule has 0 saturated carbocycles. The molecule has 0 bridgehead atoms. The number of allylic oxidation sites excluding steroid dienone is 3. The number of hydrogen-bond acceptors (Lipinski definition) is 1. The maximum atomic E-state index is 5.61. The first kappa shape index (κ1) is 15.8. The van der Waals surface area contributed by atoms with Gasteiger partial charge in [-0.1, -0.05) is 38.6 Å². The quantitative estimate of drug-likeness (QED) is 0.491. The normalized spacial score (nSPS) is 10.4. The Morgan fingerprint density at radius 3 is 1.93 bits per heavy atom. The third-order valence-electron chi connectivity index (χ3n) is 1.07. The first-order valence-corrected chi connectivity index (χ1v) is 5.20. The van der Waals surface area contributed by atoms with E-state index in [0.29, 0.717) is 10.8 Å². The summed E-state index contributed by atoms with van der Waals surface area (Å²) in [5.41, 5.74) is 0.852. The van der Waals surface area contributed by atoms with Gasteiger partial charge < -0.3 is 4.74 Å². The van der Waals surface area contributed by atoms with Crippen LogP contribution in [0.1, 0.15) is 34.6 Å². The lowest BCUT2D eigenvalue weighted by atomic mass is 10.2. The number of rotatable bonds is 4. The van der Waals surface area contributed by atoms with E-state index in [2.05, 4.69) is 13.2 Å². The molecular formula is C12H21ClO. The van der Waals surface area contributed by atoms with Crippen molar-refractivity contribution in [2.24, 2.45) is 0 Å². The monoisotopic (exact) mass is 216 g/mol. The van der Waals surface area contributed by atoms with Gasteiger partial charge in [-0.05, 0) is 32.4 Å². The number of halogens is 1. The maximum absolute atomic E-state index is 5.61. The molecule has 2 heteroatoms. The molecule has 0 heterocycles. The fourth-order valence-electron chi connectivity index (χ4n) is 0.654. The van der Waals surface area contributed by atoms with Gasteiger partial charge in [0.2, 0.25) is 0 Å². The van der Waals surface area contributed by atoms with Gasteiger partial charge in [0.25, 0.3) is 0 Å². The van der Waals surface area contributed by atoms with Gasteiger partial charge in [-0.2, -0.15) is 0 Å². The molecule has 0 aliphatic heterocycles. The summed E-state index contributed by atoms with van der Waals surface area (Å²) in [7, 11) is 0. The number of ether oxygens (including phenoxy) is 1. The third kappa shape index (κ3) is 9.40. The average Bonchev–Trinajstić information content (AvgIpc) is 2.05. The lowest BCUT2D eigenvalue weighted by molar-refractivity contribution is 0.154. The molecule has 0 fully saturated rings. The zero-order valence-electron chi connectivity index (χ0n) is 9.86. The predicted molar refractivity (Wildman–Crippen MR) is 65.5 cm³/mol. The van der Waals surface area contributed by atoms with E-state index in [4.69, 9.17) is 16.3 Å². The molecule has 0 amide bonds. The molecule has 0 aliphatic carbocycles. The number of hydrogen-bond donors (Lipinski definition) is 0. The van der Waals surface area contributed by atoms with Crippen molar-refractivity contribution in [1.29, 1.82) is 0 Å². The highest BCUT2D eigenvalue weighted by atomic mass is 35.5. The van der Waals surface area contributed by atoms with E-state index in [9.17, 15) is 0 Å². The molecule has 1 nitrogen and oxygen atoms in total. The zero-order valence-corrected chi connectivity index (χ0v) is 10.6. The van der Waals surface area contributed by atoms with Crippen LogP contribution >= 0.6 is 11.6 Å². The van der Waals surface area contributed by atoms with E-state index in [-0.39, 0.29) is 6.10 Å². The second-order valence-electron chi connectivity index (χ2n) is 2.90. The molecule has 0 saturated heterocycles. The van der Waals surface area contributed by atoms with Gasteiger partial charge in [0.1, 0.15) is 5.76 Å². The first-order chi connectivity index (χ1) is 6.43. The Balaban J connectivity index is 0. The summed E-state index contributed by atoms with van der Waals surface area (Å²) >= 11 is 5.61. The van der Waals surface area contributed by atoms with E-state index in [1.165, 1.54) is 0 Å². The molecule has 0 rings (SSSR count). The highest BCUT2D eigenvalue weighted by Gasteiger charge is 2.01. The van der Waals surface area contributed by atoms with Crippen LogP contribution in [0.15, 0.2) is 35.6 Å². The molecule has 0 radical (unpaired) electrons. The summed E-state index contributed by atoms with van der Waals surface area (Å²) in [6.07, 6.45) is 1.80. The van der Waals surface area contributed by atoms with Gasteiger partial charge in [0.15, 0.2) is 0 Å². The van der Waals surface area contributed by atoms with Gasteiger partial charge in [0, 0.05) is 5.03 Å². The standard InChI is InChI=1S/C10H15ClO.C2H6/c1-7(2)10(6-9(5)11)12-8(3)4;1-2/h6,8H,1,5H2,2-4H3;1-2H3/b10-6+;. The van der Waals surface area contributed by atoms with Crippen LogP contribution in [0.2, 0.25) is 0 Å². The van der Waals surface area contributed by atoms with Crippen LogP contribution in [0.3, 0.4) is 0 Å². The minimum Gasteiger partial charge on any atom is -0.491 e. The predicted octanol–water partition coefficient (Wildman–Crippen LogP) is 4.65. The fourth-order valence-corrected chi connectivity index (χ4v) is 0.753. The smallest absolute Gasteiger partial charge is 0.123 e. The molecule has 0 N–H and O–H groups in total. The van der Waals surface area contributed by atoms with E-state index in [0.717, 1.165) is 5.57 Å². The Kier molecular flexibility index (Phi) is 10.0. The topological polar surface area (TPSA) is 9.23 Å². The minimum atomic E-state index is 0.129. The van der Waals surface area contributed by atoms with E-state index in [1.807, 2.05) is 34.6 Å². The van der Waals surface area contributed by atoms with E-state index < -0.39 is 0 Å². The Hall–Kier alpha value is -0.690. The van der Waals surface area contributed by atoms with Gasteiger partial charge in [-0.15, -0.1) is 0 Å². The Labute approximate surface area is 93.1 Å². The van der Waals surface area contributed by atoms with Crippen molar-refractivity contribution in [1.82, 2.24) is 0 Å². The Morgan fingerprint density at radius 2 is 1.71 bits per heavy atom. The highest BCUT2D eigenvalue weighted by molar-refractivity contribution is 6.30. The van der Waals surface area contributed by atoms with Crippen LogP contribution in [0, 0.1) is 0 Å². The molecule has 0 aromatic carbocycles. The van der Waals surface area contributed by atoms with Crippen molar-refractivity contribution in [3.63, 3.8) is 0 Å². The van der Waals surface area contributed by atoms with E-state index in [1.54, 1.807) is 6.08 Å². The molecular weight excluding hydrogens is 196 g/mol. The summed E-state index contributed by atoms with van der Waals surface area (Å²) in [5.74, 6) is 0.699. The van der Waals surface area contributed by atoms with Crippen LogP contribution < -0.4 is 0 Å². The van der Waals surface area contributed by atoms with Crippen molar-refractivity contribution in [3.8, 4) is 0 Å². The minimum absolute atomic E-state index is 0.129. The van der Waals surface area contributed by atoms with E-state index >= 15 is 0 Å². The first-order valence-electron chi connectivity index (χ1n) is 4.82. The van der Waals surface area contributed by atoms with Crippen LogP contribution in [0.5, 0.6) is 0 Å². The lowest BCUT2D eigenvalue weighted by Gasteiger charge is -2.13. The molecule has 0 unspecified atom stereocenters. The average molecular weight is 217 g/mol. The third-order valence-corrected chi connectivity index (χ3v) is 1.18. The van der Waals surface area contributed by atoms with Gasteiger partial charge >= 0.3 is 0 Å². The maximum Gasteiger partial charge on any atom is 0.123 e. The van der Waals surface area contributed by atoms with Crippen LogP contribution in [0.4, 0.5) is 0 Å². The van der Waals surface area contributed by atoms with Gasteiger partial charge in [0.05, 0.1) is 6.10 Å². The molecule has 0 spiro atoms. The van der Waals surface area contributed by atoms with Crippen molar-refractivity contribution in [3.05, 3.63) is 35.6 Å². The second kappa shape index (κ2) is 8.89. The second-order valence-corrected chi connectivity index (χ2v) is 3.39. The Morgan fingerprint density at radius 1 is 1.29 bits per heavy atom. The van der Waals surface area contributed by atoms with Crippen molar-refractivity contribution in [2.75, 3.05) is 0 Å². The van der Waals surface area contributed by atoms with Crippen molar-refractivity contribution in [2.45, 2.75) is 40.7 Å². The summed E-state index contributed by atoms with van der Waals surface area (Å²) < 4.78 is 5.44. The molecule has 0 aromatic rings. The lowest BCUT2D eigenvalue weighted by Crippen LogP contribution is -2.02. The van der Waals surface area contributed by atoms with Gasteiger partial charge in [-0.25, -0.2) is 0 Å². The van der Waals surface area contributed by atoms with Crippen molar-refractivity contribution >= 4 is 11.6 Å². The highest BCUT2D eigenvalue weighted by Crippen LogP contribution is 2.15.